The fourth-order valence-corrected chi connectivity index (χ4v) is 3.16. The third kappa shape index (κ3) is 4.20. The first-order valence-corrected chi connectivity index (χ1v) is 9.07. The SMILES string of the molecule is C=Cc1cc(C)c(C(=O)Nc2cn[nH]c2C(=O)NC2CCNCC2)c(OC)n1. The topological polar surface area (TPSA) is 121 Å². The van der Waals surface area contributed by atoms with Gasteiger partial charge < -0.3 is 20.7 Å². The molecule has 1 aliphatic heterocycles. The normalized spacial score (nSPS) is 14.4. The van der Waals surface area contributed by atoms with E-state index in [0.29, 0.717) is 22.5 Å². The van der Waals surface area contributed by atoms with Crippen LogP contribution in [0.1, 0.15) is 44.9 Å². The number of carbonyl (C=O) groups excluding carboxylic acids is 2. The molecule has 0 bridgehead atoms. The second-order valence-electron chi connectivity index (χ2n) is 6.56. The van der Waals surface area contributed by atoms with Crippen LogP contribution in [-0.2, 0) is 0 Å². The molecule has 0 aliphatic carbocycles. The second-order valence-corrected chi connectivity index (χ2v) is 6.56. The van der Waals surface area contributed by atoms with Gasteiger partial charge in [-0.3, -0.25) is 14.7 Å². The molecular weight excluding hydrogens is 360 g/mol. The number of hydrogen-bond acceptors (Lipinski definition) is 6. The van der Waals surface area contributed by atoms with Crippen molar-refractivity contribution in [2.45, 2.75) is 25.8 Å². The molecule has 9 heteroatoms. The number of pyridine rings is 1. The van der Waals surface area contributed by atoms with E-state index in [4.69, 9.17) is 4.74 Å². The van der Waals surface area contributed by atoms with Gasteiger partial charge in [0.1, 0.15) is 11.3 Å². The van der Waals surface area contributed by atoms with E-state index in [0.717, 1.165) is 25.9 Å². The van der Waals surface area contributed by atoms with Gasteiger partial charge in [-0.1, -0.05) is 6.58 Å². The van der Waals surface area contributed by atoms with E-state index in [1.54, 1.807) is 19.1 Å². The van der Waals surface area contributed by atoms with Crippen molar-refractivity contribution in [3.8, 4) is 5.88 Å². The summed E-state index contributed by atoms with van der Waals surface area (Å²) in [6, 6.07) is 1.84. The standard InChI is InChI=1S/C19H24N6O3/c1-4-12-9-11(2)15(19(23-12)28-3)17(26)24-14-10-21-25-16(14)18(27)22-13-5-7-20-8-6-13/h4,9-10,13,20H,1,5-8H2,2-3H3,(H,21,25)(H,22,27)(H,24,26). The molecule has 2 amide bonds. The van der Waals surface area contributed by atoms with Crippen LogP contribution >= 0.6 is 0 Å². The van der Waals surface area contributed by atoms with Crippen molar-refractivity contribution in [3.63, 3.8) is 0 Å². The van der Waals surface area contributed by atoms with Gasteiger partial charge in [0.25, 0.3) is 11.8 Å². The molecule has 0 spiro atoms. The number of nitrogens with zero attached hydrogens (tertiary/aromatic N) is 2. The van der Waals surface area contributed by atoms with Crippen LogP contribution in [0.2, 0.25) is 0 Å². The number of piperidine rings is 1. The molecule has 9 nitrogen and oxygen atoms in total. The van der Waals surface area contributed by atoms with Gasteiger partial charge in [-0.15, -0.1) is 0 Å². The Balaban J connectivity index is 1.78. The molecule has 1 saturated heterocycles. The lowest BCUT2D eigenvalue weighted by molar-refractivity contribution is 0.0925. The predicted octanol–water partition coefficient (Wildman–Crippen LogP) is 1.50. The lowest BCUT2D eigenvalue weighted by atomic mass is 10.1. The summed E-state index contributed by atoms with van der Waals surface area (Å²) in [5.74, 6) is -0.546. The number of H-pyrrole nitrogens is 1. The minimum atomic E-state index is -0.435. The van der Waals surface area contributed by atoms with Crippen molar-refractivity contribution in [1.29, 1.82) is 0 Å². The van der Waals surface area contributed by atoms with Crippen LogP contribution in [0.3, 0.4) is 0 Å². The Morgan fingerprint density at radius 3 is 2.75 bits per heavy atom. The largest absolute Gasteiger partial charge is 0.480 e. The summed E-state index contributed by atoms with van der Waals surface area (Å²) in [7, 11) is 1.45. The van der Waals surface area contributed by atoms with Gasteiger partial charge in [0.2, 0.25) is 5.88 Å². The lowest BCUT2D eigenvalue weighted by Crippen LogP contribution is -2.43. The first-order chi connectivity index (χ1) is 13.5. The Morgan fingerprint density at radius 2 is 2.07 bits per heavy atom. The van der Waals surface area contributed by atoms with Crippen molar-refractivity contribution >= 4 is 23.6 Å². The fraction of sp³-hybridized carbons (Fsp3) is 0.368. The first kappa shape index (κ1) is 19.6. The van der Waals surface area contributed by atoms with Gasteiger partial charge in [-0.2, -0.15) is 5.10 Å². The smallest absolute Gasteiger partial charge is 0.271 e. The zero-order valence-corrected chi connectivity index (χ0v) is 16.0. The number of methoxy groups -OCH3 is 1. The molecule has 0 saturated carbocycles. The molecule has 3 heterocycles. The molecule has 28 heavy (non-hydrogen) atoms. The Morgan fingerprint density at radius 1 is 1.32 bits per heavy atom. The summed E-state index contributed by atoms with van der Waals surface area (Å²) in [4.78, 5) is 29.7. The zero-order chi connectivity index (χ0) is 20.1. The minimum absolute atomic E-state index is 0.0959. The number of nitrogens with one attached hydrogen (secondary N) is 4. The van der Waals surface area contributed by atoms with Crippen LogP contribution in [0.4, 0.5) is 5.69 Å². The van der Waals surface area contributed by atoms with Gasteiger partial charge in [0.15, 0.2) is 0 Å². The maximum absolute atomic E-state index is 12.8. The Labute approximate surface area is 163 Å². The summed E-state index contributed by atoms with van der Waals surface area (Å²) in [6.07, 6.45) is 4.71. The van der Waals surface area contributed by atoms with Crippen molar-refractivity contribution in [1.82, 2.24) is 25.8 Å². The van der Waals surface area contributed by atoms with E-state index in [1.807, 2.05) is 0 Å². The summed E-state index contributed by atoms with van der Waals surface area (Å²) in [5, 5.41) is 15.5. The molecule has 3 rings (SSSR count). The monoisotopic (exact) mass is 384 g/mol. The van der Waals surface area contributed by atoms with E-state index < -0.39 is 5.91 Å². The number of amides is 2. The van der Waals surface area contributed by atoms with Crippen molar-refractivity contribution in [3.05, 3.63) is 41.4 Å². The average Bonchev–Trinajstić information content (AvgIpc) is 3.16. The van der Waals surface area contributed by atoms with Gasteiger partial charge in [0.05, 0.1) is 24.7 Å². The second kappa shape index (κ2) is 8.66. The fourth-order valence-electron chi connectivity index (χ4n) is 3.16. The van der Waals surface area contributed by atoms with Gasteiger partial charge in [-0.25, -0.2) is 4.98 Å². The van der Waals surface area contributed by atoms with Crippen LogP contribution in [0.25, 0.3) is 6.08 Å². The van der Waals surface area contributed by atoms with Crippen molar-refractivity contribution < 1.29 is 14.3 Å². The lowest BCUT2D eigenvalue weighted by Gasteiger charge is -2.23. The van der Waals surface area contributed by atoms with Crippen LogP contribution < -0.4 is 20.7 Å². The van der Waals surface area contributed by atoms with E-state index in [9.17, 15) is 9.59 Å². The molecule has 0 radical (unpaired) electrons. The molecule has 2 aromatic rings. The van der Waals surface area contributed by atoms with Crippen LogP contribution in [0.5, 0.6) is 5.88 Å². The molecule has 148 valence electrons. The summed E-state index contributed by atoms with van der Waals surface area (Å²) in [5.41, 5.74) is 2.09. The van der Waals surface area contributed by atoms with Gasteiger partial charge in [-0.05, 0) is 50.6 Å². The zero-order valence-electron chi connectivity index (χ0n) is 16.0. The van der Waals surface area contributed by atoms with Crippen LogP contribution in [-0.4, -0.2) is 53.2 Å². The molecule has 0 aromatic carbocycles. The molecule has 4 N–H and O–H groups in total. The van der Waals surface area contributed by atoms with Crippen LogP contribution in [0, 0.1) is 6.92 Å². The molecular formula is C19H24N6O3. The number of hydrogen-bond donors (Lipinski definition) is 4. The molecule has 1 fully saturated rings. The van der Waals surface area contributed by atoms with Gasteiger partial charge >= 0.3 is 0 Å². The molecule has 1 aliphatic rings. The highest BCUT2D eigenvalue weighted by molar-refractivity contribution is 6.10. The van der Waals surface area contributed by atoms with Gasteiger partial charge in [0, 0.05) is 6.04 Å². The number of ether oxygens (including phenoxy) is 1. The summed E-state index contributed by atoms with van der Waals surface area (Å²) < 4.78 is 5.26. The Kier molecular flexibility index (Phi) is 6.05. The number of aromatic amines is 1. The van der Waals surface area contributed by atoms with E-state index >= 15 is 0 Å². The van der Waals surface area contributed by atoms with E-state index in [-0.39, 0.29) is 23.5 Å². The highest BCUT2D eigenvalue weighted by Gasteiger charge is 2.23. The highest BCUT2D eigenvalue weighted by Crippen LogP contribution is 2.23. The van der Waals surface area contributed by atoms with E-state index in [2.05, 4.69) is 37.7 Å². The number of rotatable bonds is 6. The van der Waals surface area contributed by atoms with Crippen molar-refractivity contribution in [2.75, 3.05) is 25.5 Å². The number of aromatic nitrogens is 3. The van der Waals surface area contributed by atoms with Crippen LogP contribution in [0.15, 0.2) is 18.8 Å². The molecule has 0 unspecified atom stereocenters. The maximum Gasteiger partial charge on any atom is 0.271 e. The maximum atomic E-state index is 12.8. The summed E-state index contributed by atoms with van der Waals surface area (Å²) in [6.45, 7) is 7.20. The third-order valence-corrected chi connectivity index (χ3v) is 4.62. The Hall–Kier alpha value is -3.20. The average molecular weight is 384 g/mol. The molecule has 2 aromatic heterocycles. The van der Waals surface area contributed by atoms with Crippen molar-refractivity contribution in [2.24, 2.45) is 0 Å². The Bertz CT molecular complexity index is 886. The van der Waals surface area contributed by atoms with E-state index in [1.165, 1.54) is 13.3 Å². The number of aryl methyl sites for hydroxylation is 1. The summed E-state index contributed by atoms with van der Waals surface area (Å²) >= 11 is 0. The minimum Gasteiger partial charge on any atom is -0.480 e. The highest BCUT2D eigenvalue weighted by atomic mass is 16.5. The quantitative estimate of drug-likeness (QED) is 0.599. The predicted molar refractivity (Wildman–Crippen MR) is 106 cm³/mol. The molecule has 0 atom stereocenters. The third-order valence-electron chi connectivity index (χ3n) is 4.62. The number of anilines is 1. The number of carbonyl (C=O) groups is 2. The first-order valence-electron chi connectivity index (χ1n) is 9.07.